The average Bonchev–Trinajstić information content (AvgIpc) is 3.65. The predicted octanol–water partition coefficient (Wildman–Crippen LogP) is 4.90. The molecule has 0 saturated carbocycles. The highest BCUT2D eigenvalue weighted by Gasteiger charge is 2.18. The number of rotatable bonds is 10. The van der Waals surface area contributed by atoms with Crippen LogP contribution in [0.3, 0.4) is 0 Å². The molecule has 4 aromatic heterocycles. The van der Waals surface area contributed by atoms with Crippen molar-refractivity contribution in [1.29, 1.82) is 0 Å². The number of H-pyrrole nitrogens is 2. The lowest BCUT2D eigenvalue weighted by Gasteiger charge is -2.32. The van der Waals surface area contributed by atoms with Crippen LogP contribution in [-0.2, 0) is 19.5 Å². The van der Waals surface area contributed by atoms with Crippen LogP contribution in [0.4, 0.5) is 17.2 Å². The van der Waals surface area contributed by atoms with Crippen molar-refractivity contribution in [2.45, 2.75) is 32.9 Å². The van der Waals surface area contributed by atoms with Crippen LogP contribution in [0, 0.1) is 11.6 Å². The van der Waals surface area contributed by atoms with E-state index in [1.807, 2.05) is 37.5 Å². The molecule has 6 rings (SSSR count). The molecule has 1 amide bonds. The lowest BCUT2D eigenvalue weighted by atomic mass is 10.1. The molecule has 0 spiro atoms. The second kappa shape index (κ2) is 12.9. The van der Waals surface area contributed by atoms with E-state index in [1.54, 1.807) is 6.20 Å². The highest BCUT2D eigenvalue weighted by molar-refractivity contribution is 7.71. The van der Waals surface area contributed by atoms with Crippen LogP contribution in [0.1, 0.15) is 33.6 Å². The Bertz CT molecular complexity index is 1770. The van der Waals surface area contributed by atoms with E-state index < -0.39 is 0 Å². The molecule has 5 aromatic rings. The van der Waals surface area contributed by atoms with Gasteiger partial charge in [-0.05, 0) is 61.7 Å². The molecular weight excluding hydrogens is 560 g/mol. The highest BCUT2D eigenvalue weighted by Crippen LogP contribution is 2.26. The summed E-state index contributed by atoms with van der Waals surface area (Å²) in [5, 5.41) is 14.1. The third-order valence-corrected chi connectivity index (χ3v) is 8.34. The number of hydrogen-bond donors (Lipinski definition) is 4. The quantitative estimate of drug-likeness (QED) is 0.168. The van der Waals surface area contributed by atoms with E-state index in [0.29, 0.717) is 17.2 Å². The lowest BCUT2D eigenvalue weighted by molar-refractivity contribution is 0.102. The third kappa shape index (κ3) is 6.82. The van der Waals surface area contributed by atoms with Gasteiger partial charge in [-0.2, -0.15) is 5.10 Å². The zero-order valence-electron chi connectivity index (χ0n) is 24.4. The largest absolute Gasteiger partial charge is 0.352 e. The van der Waals surface area contributed by atoms with Crippen molar-refractivity contribution in [1.82, 2.24) is 39.5 Å². The van der Waals surface area contributed by atoms with E-state index >= 15 is 0 Å². The number of nitrogens with zero attached hydrogens (tertiary/aromatic N) is 6. The number of amides is 1. The summed E-state index contributed by atoms with van der Waals surface area (Å²) in [6.07, 6.45) is 9.00. The molecule has 1 aliphatic heterocycles. The number of carbonyl (C=O) groups excluding carboxylic acids is 1. The van der Waals surface area contributed by atoms with Gasteiger partial charge >= 0.3 is 0 Å². The Morgan fingerprint density at radius 3 is 2.67 bits per heavy atom. The molecule has 0 radical (unpaired) electrons. The summed E-state index contributed by atoms with van der Waals surface area (Å²) in [4.78, 5) is 30.1. The smallest absolute Gasteiger partial charge is 0.275 e. The maximum Gasteiger partial charge on any atom is 0.275 e. The van der Waals surface area contributed by atoms with Gasteiger partial charge in [-0.3, -0.25) is 14.8 Å². The molecule has 1 aromatic carbocycles. The number of fused-ring (bicyclic) bond motifs is 1. The minimum atomic E-state index is -0.286. The van der Waals surface area contributed by atoms with Crippen molar-refractivity contribution >= 4 is 46.4 Å². The minimum absolute atomic E-state index is 0.286. The van der Waals surface area contributed by atoms with Crippen LogP contribution in [0.2, 0.25) is 0 Å². The van der Waals surface area contributed by atoms with E-state index in [9.17, 15) is 4.79 Å². The Morgan fingerprint density at radius 2 is 1.88 bits per heavy atom. The van der Waals surface area contributed by atoms with Crippen LogP contribution >= 0.6 is 12.2 Å². The second-order valence-corrected chi connectivity index (χ2v) is 11.5. The van der Waals surface area contributed by atoms with E-state index in [4.69, 9.17) is 12.2 Å². The van der Waals surface area contributed by atoms with Gasteiger partial charge in [0.15, 0.2) is 0 Å². The summed E-state index contributed by atoms with van der Waals surface area (Å²) in [6.45, 7) is 8.05. The third-order valence-electron chi connectivity index (χ3n) is 7.90. The molecule has 0 atom stereocenters. The molecule has 12 heteroatoms. The molecule has 1 fully saturated rings. The van der Waals surface area contributed by atoms with E-state index in [2.05, 4.69) is 75.4 Å². The maximum absolute atomic E-state index is 13.2. The molecule has 43 heavy (non-hydrogen) atoms. The van der Waals surface area contributed by atoms with Gasteiger partial charge in [0.25, 0.3) is 5.91 Å². The lowest BCUT2D eigenvalue weighted by Crippen LogP contribution is -2.43. The van der Waals surface area contributed by atoms with Crippen molar-refractivity contribution in [3.8, 4) is 0 Å². The van der Waals surface area contributed by atoms with Crippen molar-refractivity contribution in [2.24, 2.45) is 0 Å². The van der Waals surface area contributed by atoms with Gasteiger partial charge in [0.1, 0.15) is 28.1 Å². The summed E-state index contributed by atoms with van der Waals surface area (Å²) in [5.74, 6) is 0.324. The number of anilines is 3. The zero-order chi connectivity index (χ0) is 29.8. The van der Waals surface area contributed by atoms with Crippen LogP contribution in [0.25, 0.3) is 11.0 Å². The fraction of sp³-hybridized carbons (Fsp3) is 0.323. The number of likely N-dealkylation sites (N-methyl/N-ethyl adjacent to an activating group) is 1. The van der Waals surface area contributed by atoms with Gasteiger partial charge in [0.2, 0.25) is 0 Å². The SMILES string of the molecule is Cc1cc(CCCn2ccc3c(Nc4cn[nH]c4C(=O)Nc4ccc(CN5CCN(C)CC5)cc4)ncnc32)c[nH]c1=S. The highest BCUT2D eigenvalue weighted by atomic mass is 32.1. The second-order valence-electron chi connectivity index (χ2n) is 11.1. The number of benzene rings is 1. The van der Waals surface area contributed by atoms with Gasteiger partial charge in [-0.15, -0.1) is 0 Å². The predicted molar refractivity (Wildman–Crippen MR) is 171 cm³/mol. The van der Waals surface area contributed by atoms with Crippen LogP contribution < -0.4 is 10.6 Å². The number of hydrogen-bond acceptors (Lipinski definition) is 8. The Morgan fingerprint density at radius 1 is 1.07 bits per heavy atom. The van der Waals surface area contributed by atoms with Crippen molar-refractivity contribution < 1.29 is 4.79 Å². The summed E-state index contributed by atoms with van der Waals surface area (Å²) >= 11 is 5.27. The van der Waals surface area contributed by atoms with Gasteiger partial charge in [0.05, 0.1) is 17.3 Å². The van der Waals surface area contributed by atoms with Gasteiger partial charge < -0.3 is 25.1 Å². The molecule has 1 saturated heterocycles. The number of aromatic amines is 2. The molecule has 4 N–H and O–H groups in total. The average molecular weight is 597 g/mol. The molecule has 0 aliphatic carbocycles. The molecule has 11 nitrogen and oxygen atoms in total. The van der Waals surface area contributed by atoms with Crippen molar-refractivity contribution in [2.75, 3.05) is 43.9 Å². The Labute approximate surface area is 255 Å². The van der Waals surface area contributed by atoms with E-state index in [0.717, 1.165) is 79.0 Å². The molecule has 0 bridgehead atoms. The summed E-state index contributed by atoms with van der Waals surface area (Å²) in [7, 11) is 2.16. The number of carbonyl (C=O) groups is 1. The number of nitrogens with one attached hydrogen (secondary N) is 4. The van der Waals surface area contributed by atoms with Gasteiger partial charge in [-0.1, -0.05) is 30.4 Å². The minimum Gasteiger partial charge on any atom is -0.352 e. The summed E-state index contributed by atoms with van der Waals surface area (Å²) in [6, 6.07) is 12.1. The number of piperazine rings is 1. The molecular formula is C31H36N10OS. The maximum atomic E-state index is 13.2. The molecule has 222 valence electrons. The first-order chi connectivity index (χ1) is 20.9. The summed E-state index contributed by atoms with van der Waals surface area (Å²) in [5.41, 5.74) is 5.95. The first-order valence-electron chi connectivity index (χ1n) is 14.5. The Kier molecular flexibility index (Phi) is 8.59. The molecule has 0 unspecified atom stereocenters. The Balaban J connectivity index is 1.08. The monoisotopic (exact) mass is 596 g/mol. The van der Waals surface area contributed by atoms with E-state index in [-0.39, 0.29) is 5.91 Å². The standard InChI is InChI=1S/C31H36N10OS/c1-21-16-23(17-32-31(21)43)4-3-10-41-11-9-25-28(33-20-34-29(25)41)37-26-18-35-38-27(26)30(42)36-24-7-5-22(6-8-24)19-40-14-12-39(2)13-15-40/h5-9,11,16-18,20H,3-4,10,12-15,19H2,1-2H3,(H,32,43)(H,35,38)(H,36,42)(H,33,34,37). The molecule has 1 aliphatic rings. The van der Waals surface area contributed by atoms with E-state index in [1.165, 1.54) is 17.5 Å². The fourth-order valence-electron chi connectivity index (χ4n) is 5.37. The summed E-state index contributed by atoms with van der Waals surface area (Å²) < 4.78 is 2.90. The van der Waals surface area contributed by atoms with Crippen molar-refractivity contribution in [3.63, 3.8) is 0 Å². The Hall–Kier alpha value is -4.39. The van der Waals surface area contributed by atoms with Crippen LogP contribution in [-0.4, -0.2) is 78.7 Å². The topological polar surface area (TPSA) is 123 Å². The number of pyridine rings is 1. The van der Waals surface area contributed by atoms with Crippen LogP contribution in [0.15, 0.2) is 61.3 Å². The van der Waals surface area contributed by atoms with Gasteiger partial charge in [0, 0.05) is 57.3 Å². The normalized spacial score (nSPS) is 14.3. The first-order valence-corrected chi connectivity index (χ1v) is 14.9. The van der Waals surface area contributed by atoms with Crippen molar-refractivity contribution in [3.05, 3.63) is 88.3 Å². The number of aryl methyl sites for hydroxylation is 3. The zero-order valence-corrected chi connectivity index (χ0v) is 25.2. The first kappa shape index (κ1) is 28.7. The fourth-order valence-corrected chi connectivity index (χ4v) is 5.49. The molecule has 5 heterocycles. The van der Waals surface area contributed by atoms with Gasteiger partial charge in [-0.25, -0.2) is 9.97 Å². The van der Waals surface area contributed by atoms with Crippen LogP contribution in [0.5, 0.6) is 0 Å². The number of aromatic nitrogens is 6.